The average Bonchev–Trinajstić information content (AvgIpc) is 2.45. The van der Waals surface area contributed by atoms with Gasteiger partial charge >= 0.3 is 0 Å². The third kappa shape index (κ3) is 9.06. The van der Waals surface area contributed by atoms with Gasteiger partial charge < -0.3 is 10.6 Å². The van der Waals surface area contributed by atoms with Gasteiger partial charge in [0, 0.05) is 35.1 Å². The summed E-state index contributed by atoms with van der Waals surface area (Å²) in [4.78, 5) is 23.5. The molecule has 0 spiro atoms. The molecule has 1 aromatic rings. The van der Waals surface area contributed by atoms with Gasteiger partial charge in [-0.15, -0.1) is 12.4 Å². The molecule has 0 aliphatic rings. The molecule has 1 rings (SSSR count). The van der Waals surface area contributed by atoms with E-state index in [2.05, 4.69) is 40.1 Å². The summed E-state index contributed by atoms with van der Waals surface area (Å²) in [5, 5.41) is 6.01. The van der Waals surface area contributed by atoms with E-state index in [0.29, 0.717) is 12.1 Å². The summed E-state index contributed by atoms with van der Waals surface area (Å²) >= 11 is 2.20. The van der Waals surface area contributed by atoms with E-state index in [1.54, 1.807) is 12.1 Å². The Morgan fingerprint density at radius 3 is 2.33 bits per heavy atom. The molecule has 1 amide bonds. The zero-order valence-electron chi connectivity index (χ0n) is 12.2. The molecule has 118 valence electrons. The Morgan fingerprint density at radius 1 is 1.05 bits per heavy atom. The molecule has 0 aliphatic carbocycles. The molecule has 0 fully saturated rings. The second-order valence-corrected chi connectivity index (χ2v) is 5.78. The SMILES string of the molecule is CCCNCCNC(=O)CCC(=O)c1ccc(I)cc1.Cl. The largest absolute Gasteiger partial charge is 0.355 e. The van der Waals surface area contributed by atoms with Gasteiger partial charge in [-0.2, -0.15) is 0 Å². The predicted octanol–water partition coefficient (Wildman–Crippen LogP) is 2.79. The highest BCUT2D eigenvalue weighted by atomic mass is 127. The van der Waals surface area contributed by atoms with Gasteiger partial charge in [0.1, 0.15) is 0 Å². The van der Waals surface area contributed by atoms with Crippen molar-refractivity contribution in [2.75, 3.05) is 19.6 Å². The normalized spacial score (nSPS) is 9.81. The highest BCUT2D eigenvalue weighted by molar-refractivity contribution is 14.1. The minimum atomic E-state index is -0.0674. The second-order valence-electron chi connectivity index (χ2n) is 4.53. The molecule has 6 heteroatoms. The molecular weight excluding hydrogens is 403 g/mol. The van der Waals surface area contributed by atoms with Crippen LogP contribution >= 0.6 is 35.0 Å². The first kappa shape index (κ1) is 20.3. The van der Waals surface area contributed by atoms with E-state index in [1.165, 1.54) is 0 Å². The van der Waals surface area contributed by atoms with Crippen LogP contribution in [0.25, 0.3) is 0 Å². The van der Waals surface area contributed by atoms with Gasteiger partial charge in [-0.25, -0.2) is 0 Å². The maximum Gasteiger partial charge on any atom is 0.220 e. The Labute approximate surface area is 146 Å². The summed E-state index contributed by atoms with van der Waals surface area (Å²) in [6, 6.07) is 7.40. The van der Waals surface area contributed by atoms with Crippen molar-refractivity contribution in [2.24, 2.45) is 0 Å². The summed E-state index contributed by atoms with van der Waals surface area (Å²) in [5.41, 5.74) is 0.669. The van der Waals surface area contributed by atoms with Gasteiger partial charge in [-0.3, -0.25) is 9.59 Å². The lowest BCUT2D eigenvalue weighted by Gasteiger charge is -2.06. The van der Waals surface area contributed by atoms with Crippen molar-refractivity contribution in [1.29, 1.82) is 0 Å². The van der Waals surface area contributed by atoms with Crippen molar-refractivity contribution in [3.05, 3.63) is 33.4 Å². The number of amides is 1. The van der Waals surface area contributed by atoms with Crippen molar-refractivity contribution >= 4 is 46.7 Å². The van der Waals surface area contributed by atoms with Crippen LogP contribution in [0.2, 0.25) is 0 Å². The van der Waals surface area contributed by atoms with Crippen LogP contribution in [-0.4, -0.2) is 31.3 Å². The fourth-order valence-electron chi connectivity index (χ4n) is 1.69. The van der Waals surface area contributed by atoms with Crippen LogP contribution in [0, 0.1) is 3.57 Å². The van der Waals surface area contributed by atoms with Crippen molar-refractivity contribution < 1.29 is 9.59 Å². The first-order valence-corrected chi connectivity index (χ1v) is 7.97. The van der Waals surface area contributed by atoms with Crippen molar-refractivity contribution in [2.45, 2.75) is 26.2 Å². The van der Waals surface area contributed by atoms with Crippen LogP contribution in [0.15, 0.2) is 24.3 Å². The smallest absolute Gasteiger partial charge is 0.220 e. The van der Waals surface area contributed by atoms with Crippen LogP contribution in [0.5, 0.6) is 0 Å². The number of halogens is 2. The third-order valence-corrected chi connectivity index (χ3v) is 3.52. The minimum absolute atomic E-state index is 0. The molecule has 0 bridgehead atoms. The van der Waals surface area contributed by atoms with E-state index >= 15 is 0 Å². The summed E-state index contributed by atoms with van der Waals surface area (Å²) in [7, 11) is 0. The number of carbonyl (C=O) groups is 2. The number of carbonyl (C=O) groups excluding carboxylic acids is 2. The number of hydrogen-bond donors (Lipinski definition) is 2. The van der Waals surface area contributed by atoms with Crippen molar-refractivity contribution in [3.63, 3.8) is 0 Å². The second kappa shape index (κ2) is 11.9. The topological polar surface area (TPSA) is 58.2 Å². The molecule has 0 radical (unpaired) electrons. The summed E-state index contributed by atoms with van der Waals surface area (Å²) in [5.74, 6) is -0.0529. The quantitative estimate of drug-likeness (QED) is 0.364. The molecule has 0 aliphatic heterocycles. The number of ketones is 1. The van der Waals surface area contributed by atoms with Gasteiger partial charge in [0.2, 0.25) is 5.91 Å². The van der Waals surface area contributed by atoms with E-state index in [4.69, 9.17) is 0 Å². The fourth-order valence-corrected chi connectivity index (χ4v) is 2.05. The Bertz CT molecular complexity index is 438. The average molecular weight is 425 g/mol. The van der Waals surface area contributed by atoms with E-state index in [0.717, 1.165) is 23.1 Å². The van der Waals surface area contributed by atoms with Crippen LogP contribution < -0.4 is 10.6 Å². The number of nitrogens with one attached hydrogen (secondary N) is 2. The van der Waals surface area contributed by atoms with E-state index in [9.17, 15) is 9.59 Å². The predicted molar refractivity (Wildman–Crippen MR) is 96.1 cm³/mol. The van der Waals surface area contributed by atoms with Gasteiger partial charge in [-0.05, 0) is 47.7 Å². The third-order valence-electron chi connectivity index (χ3n) is 2.80. The van der Waals surface area contributed by atoms with Crippen LogP contribution in [-0.2, 0) is 4.79 Å². The lowest BCUT2D eigenvalue weighted by atomic mass is 10.1. The van der Waals surface area contributed by atoms with E-state index in [1.807, 2.05) is 12.1 Å². The molecule has 0 heterocycles. The lowest BCUT2D eigenvalue weighted by molar-refractivity contribution is -0.121. The summed E-state index contributed by atoms with van der Waals surface area (Å²) in [6.45, 7) is 4.43. The van der Waals surface area contributed by atoms with Crippen molar-refractivity contribution in [3.8, 4) is 0 Å². The standard InChI is InChI=1S/C15H21IN2O2.ClH/c1-2-9-17-10-11-18-15(20)8-7-14(19)12-3-5-13(16)6-4-12;/h3-6,17H,2,7-11H2,1H3,(H,18,20);1H. The highest BCUT2D eigenvalue weighted by Crippen LogP contribution is 2.09. The summed E-state index contributed by atoms with van der Waals surface area (Å²) < 4.78 is 1.09. The summed E-state index contributed by atoms with van der Waals surface area (Å²) in [6.07, 6.45) is 1.59. The van der Waals surface area contributed by atoms with Crippen LogP contribution in [0.4, 0.5) is 0 Å². The van der Waals surface area contributed by atoms with Crippen LogP contribution in [0.1, 0.15) is 36.5 Å². The first-order chi connectivity index (χ1) is 9.63. The highest BCUT2D eigenvalue weighted by Gasteiger charge is 2.08. The molecule has 1 aromatic carbocycles. The van der Waals surface area contributed by atoms with E-state index in [-0.39, 0.29) is 36.9 Å². The minimum Gasteiger partial charge on any atom is -0.355 e. The van der Waals surface area contributed by atoms with Gasteiger partial charge in [0.05, 0.1) is 0 Å². The zero-order valence-corrected chi connectivity index (χ0v) is 15.1. The Hall–Kier alpha value is -0.660. The van der Waals surface area contributed by atoms with E-state index < -0.39 is 0 Å². The Morgan fingerprint density at radius 2 is 1.71 bits per heavy atom. The van der Waals surface area contributed by atoms with Crippen LogP contribution in [0.3, 0.4) is 0 Å². The molecule has 0 aromatic heterocycles. The Kier molecular flexibility index (Phi) is 11.6. The number of rotatable bonds is 9. The molecule has 0 atom stereocenters. The molecular formula is C15H22ClIN2O2. The molecule has 0 unspecified atom stereocenters. The zero-order chi connectivity index (χ0) is 14.8. The van der Waals surface area contributed by atoms with Gasteiger partial charge in [-0.1, -0.05) is 19.1 Å². The monoisotopic (exact) mass is 424 g/mol. The maximum absolute atomic E-state index is 11.9. The van der Waals surface area contributed by atoms with Gasteiger partial charge in [0.15, 0.2) is 5.78 Å². The molecule has 0 saturated carbocycles. The van der Waals surface area contributed by atoms with Crippen molar-refractivity contribution in [1.82, 2.24) is 10.6 Å². The molecule has 0 saturated heterocycles. The lowest BCUT2D eigenvalue weighted by Crippen LogP contribution is -2.32. The first-order valence-electron chi connectivity index (χ1n) is 6.89. The Balaban J connectivity index is 0.00000400. The number of benzene rings is 1. The fraction of sp³-hybridized carbons (Fsp3) is 0.467. The maximum atomic E-state index is 11.9. The number of hydrogen-bond acceptors (Lipinski definition) is 3. The molecule has 21 heavy (non-hydrogen) atoms. The molecule has 2 N–H and O–H groups in total. The molecule has 4 nitrogen and oxygen atoms in total. The number of Topliss-reactive ketones (excluding diaryl/α,β-unsaturated/α-hetero) is 1. The van der Waals surface area contributed by atoms with Gasteiger partial charge in [0.25, 0.3) is 0 Å².